The Morgan fingerprint density at radius 3 is 2.43 bits per heavy atom. The predicted octanol–water partition coefficient (Wildman–Crippen LogP) is 2.22. The quantitative estimate of drug-likeness (QED) is 0.778. The van der Waals surface area contributed by atoms with Gasteiger partial charge in [-0.05, 0) is 12.1 Å². The van der Waals surface area contributed by atoms with E-state index < -0.39 is 0 Å². The maximum Gasteiger partial charge on any atom is 0.119 e. The fourth-order valence-corrected chi connectivity index (χ4v) is 1.73. The Bertz CT molecular complexity index is 305. The van der Waals surface area contributed by atoms with E-state index in [2.05, 4.69) is 0 Å². The molecule has 1 aliphatic carbocycles. The lowest BCUT2D eigenvalue weighted by Crippen LogP contribution is -2.56. The van der Waals surface area contributed by atoms with Gasteiger partial charge < -0.3 is 9.84 Å². The minimum absolute atomic E-state index is 0.115. The average Bonchev–Trinajstić information content (AvgIpc) is 2.19. The predicted molar refractivity (Wildman–Crippen MR) is 55.3 cm³/mol. The first-order valence-electron chi connectivity index (χ1n) is 5.00. The van der Waals surface area contributed by atoms with Crippen LogP contribution in [0.1, 0.15) is 20.3 Å². The van der Waals surface area contributed by atoms with Crippen LogP contribution in [0.25, 0.3) is 0 Å². The Kier molecular flexibility index (Phi) is 2.23. The van der Waals surface area contributed by atoms with Crippen molar-refractivity contribution in [1.82, 2.24) is 0 Å². The van der Waals surface area contributed by atoms with Crippen molar-refractivity contribution < 1.29 is 9.84 Å². The largest absolute Gasteiger partial charge is 0.490 e. The van der Waals surface area contributed by atoms with Crippen LogP contribution in [-0.4, -0.2) is 17.3 Å². The summed E-state index contributed by atoms with van der Waals surface area (Å²) in [4.78, 5) is 0. The lowest BCUT2D eigenvalue weighted by atomic mass is 9.66. The SMILES string of the molecule is CC1(C)[C@@H](Oc2ccccc2)C[C@@H]1O. The van der Waals surface area contributed by atoms with E-state index in [1.807, 2.05) is 44.2 Å². The van der Waals surface area contributed by atoms with Gasteiger partial charge >= 0.3 is 0 Å². The van der Waals surface area contributed by atoms with Crippen molar-refractivity contribution in [3.8, 4) is 5.75 Å². The van der Waals surface area contributed by atoms with Crippen molar-refractivity contribution in [1.29, 1.82) is 0 Å². The second-order valence-electron chi connectivity index (χ2n) is 4.49. The normalized spacial score (nSPS) is 29.4. The van der Waals surface area contributed by atoms with Gasteiger partial charge in [-0.3, -0.25) is 0 Å². The molecule has 0 bridgehead atoms. The van der Waals surface area contributed by atoms with Gasteiger partial charge in [0.2, 0.25) is 0 Å². The highest BCUT2D eigenvalue weighted by Crippen LogP contribution is 2.42. The molecule has 1 aliphatic rings. The van der Waals surface area contributed by atoms with Gasteiger partial charge in [0.05, 0.1) is 6.10 Å². The molecule has 0 aromatic heterocycles. The van der Waals surface area contributed by atoms with Gasteiger partial charge in [-0.25, -0.2) is 0 Å². The molecule has 2 rings (SSSR count). The first-order valence-corrected chi connectivity index (χ1v) is 5.00. The van der Waals surface area contributed by atoms with Crippen molar-refractivity contribution in [3.05, 3.63) is 30.3 Å². The first-order chi connectivity index (χ1) is 6.60. The maximum absolute atomic E-state index is 9.54. The highest BCUT2D eigenvalue weighted by Gasteiger charge is 2.49. The van der Waals surface area contributed by atoms with E-state index in [1.165, 1.54) is 0 Å². The summed E-state index contributed by atoms with van der Waals surface area (Å²) in [6.07, 6.45) is 0.651. The molecule has 1 aromatic carbocycles. The Balaban J connectivity index is 2.01. The van der Waals surface area contributed by atoms with E-state index in [0.717, 1.165) is 12.2 Å². The van der Waals surface area contributed by atoms with Crippen LogP contribution in [0.4, 0.5) is 0 Å². The summed E-state index contributed by atoms with van der Waals surface area (Å²) < 4.78 is 5.78. The van der Waals surface area contributed by atoms with Gasteiger partial charge in [0.1, 0.15) is 11.9 Å². The number of aliphatic hydroxyl groups excluding tert-OH is 1. The smallest absolute Gasteiger partial charge is 0.119 e. The molecule has 0 spiro atoms. The van der Waals surface area contributed by atoms with Crippen LogP contribution in [0.5, 0.6) is 5.75 Å². The topological polar surface area (TPSA) is 29.5 Å². The minimum atomic E-state index is -0.226. The molecule has 0 amide bonds. The van der Waals surface area contributed by atoms with Crippen LogP contribution in [0.3, 0.4) is 0 Å². The van der Waals surface area contributed by atoms with Gasteiger partial charge in [-0.2, -0.15) is 0 Å². The fraction of sp³-hybridized carbons (Fsp3) is 0.500. The second-order valence-corrected chi connectivity index (χ2v) is 4.49. The standard InChI is InChI=1S/C12H16O2/c1-12(2)10(13)8-11(12)14-9-6-4-3-5-7-9/h3-7,10-11,13H,8H2,1-2H3/t10-,11-/m0/s1. The van der Waals surface area contributed by atoms with Crippen molar-refractivity contribution in [2.75, 3.05) is 0 Å². The van der Waals surface area contributed by atoms with Crippen LogP contribution < -0.4 is 4.74 Å². The third-order valence-corrected chi connectivity index (χ3v) is 3.15. The van der Waals surface area contributed by atoms with Gasteiger partial charge in [0.25, 0.3) is 0 Å². The van der Waals surface area contributed by atoms with Crippen molar-refractivity contribution in [3.63, 3.8) is 0 Å². The molecule has 2 heteroatoms. The third-order valence-electron chi connectivity index (χ3n) is 3.15. The molecule has 1 aromatic rings. The van der Waals surface area contributed by atoms with E-state index in [4.69, 9.17) is 4.74 Å². The fourth-order valence-electron chi connectivity index (χ4n) is 1.73. The summed E-state index contributed by atoms with van der Waals surface area (Å²) in [5.74, 6) is 0.887. The summed E-state index contributed by atoms with van der Waals surface area (Å²) in [6, 6.07) is 9.77. The summed E-state index contributed by atoms with van der Waals surface area (Å²) in [5, 5.41) is 9.54. The van der Waals surface area contributed by atoms with Crippen molar-refractivity contribution in [2.24, 2.45) is 5.41 Å². The minimum Gasteiger partial charge on any atom is -0.490 e. The molecule has 0 unspecified atom stereocenters. The number of hydrogen-bond acceptors (Lipinski definition) is 2. The zero-order valence-corrected chi connectivity index (χ0v) is 8.60. The average molecular weight is 192 g/mol. The van der Waals surface area contributed by atoms with Gasteiger partial charge in [0.15, 0.2) is 0 Å². The van der Waals surface area contributed by atoms with Crippen molar-refractivity contribution in [2.45, 2.75) is 32.5 Å². The molecular formula is C12H16O2. The molecule has 0 heterocycles. The molecule has 1 saturated carbocycles. The van der Waals surface area contributed by atoms with Crippen LogP contribution in [0.15, 0.2) is 30.3 Å². The number of hydrogen-bond donors (Lipinski definition) is 1. The highest BCUT2D eigenvalue weighted by atomic mass is 16.5. The van der Waals surface area contributed by atoms with E-state index in [1.54, 1.807) is 0 Å². The van der Waals surface area contributed by atoms with Gasteiger partial charge in [-0.15, -0.1) is 0 Å². The summed E-state index contributed by atoms with van der Waals surface area (Å²) >= 11 is 0. The summed E-state index contributed by atoms with van der Waals surface area (Å²) in [6.45, 7) is 4.07. The molecule has 2 nitrogen and oxygen atoms in total. The second kappa shape index (κ2) is 3.28. The molecule has 0 radical (unpaired) electrons. The van der Waals surface area contributed by atoms with E-state index in [-0.39, 0.29) is 17.6 Å². The first kappa shape index (κ1) is 9.53. The van der Waals surface area contributed by atoms with Gasteiger partial charge in [0, 0.05) is 11.8 Å². The number of rotatable bonds is 2. The Labute approximate surface area is 84.5 Å². The Morgan fingerprint density at radius 2 is 1.93 bits per heavy atom. The Hall–Kier alpha value is -1.02. The molecule has 14 heavy (non-hydrogen) atoms. The van der Waals surface area contributed by atoms with Gasteiger partial charge in [-0.1, -0.05) is 32.0 Å². The number of para-hydroxylation sites is 1. The molecular weight excluding hydrogens is 176 g/mol. The number of aliphatic hydroxyl groups is 1. The highest BCUT2D eigenvalue weighted by molar-refractivity contribution is 5.22. The van der Waals surface area contributed by atoms with E-state index in [9.17, 15) is 5.11 Å². The number of benzene rings is 1. The van der Waals surface area contributed by atoms with Crippen LogP contribution in [0, 0.1) is 5.41 Å². The van der Waals surface area contributed by atoms with Crippen molar-refractivity contribution >= 4 is 0 Å². The monoisotopic (exact) mass is 192 g/mol. The molecule has 1 fully saturated rings. The van der Waals surface area contributed by atoms with Crippen LogP contribution >= 0.6 is 0 Å². The molecule has 76 valence electrons. The van der Waals surface area contributed by atoms with Crippen LogP contribution in [-0.2, 0) is 0 Å². The lowest BCUT2D eigenvalue weighted by Gasteiger charge is -2.48. The summed E-state index contributed by atoms with van der Waals surface area (Å²) in [7, 11) is 0. The third kappa shape index (κ3) is 1.50. The summed E-state index contributed by atoms with van der Waals surface area (Å²) in [5.41, 5.74) is -0.115. The zero-order chi connectivity index (χ0) is 10.2. The molecule has 1 N–H and O–H groups in total. The van der Waals surface area contributed by atoms with E-state index in [0.29, 0.717) is 0 Å². The molecule has 2 atom stereocenters. The zero-order valence-electron chi connectivity index (χ0n) is 8.60. The molecule has 0 saturated heterocycles. The maximum atomic E-state index is 9.54. The molecule has 0 aliphatic heterocycles. The Morgan fingerprint density at radius 1 is 1.29 bits per heavy atom. The lowest BCUT2D eigenvalue weighted by molar-refractivity contribution is -0.134. The van der Waals surface area contributed by atoms with Crippen LogP contribution in [0.2, 0.25) is 0 Å². The number of ether oxygens (including phenoxy) is 1. The van der Waals surface area contributed by atoms with E-state index >= 15 is 0 Å².